The quantitative estimate of drug-likeness (QED) is 0.333. The number of aliphatic imine (C=N–C) groups is 1. The molecule has 6 N–H and O–H groups in total. The zero-order chi connectivity index (χ0) is 19.1. The van der Waals surface area contributed by atoms with Gasteiger partial charge in [-0.25, -0.2) is 9.97 Å². The number of carbonyl (C=O) groups excluding carboxylic acids is 1. The summed E-state index contributed by atoms with van der Waals surface area (Å²) in [5.74, 6) is -0.642. The van der Waals surface area contributed by atoms with Crippen LogP contribution in [0.25, 0.3) is 0 Å². The molecule has 1 amide bonds. The second kappa shape index (κ2) is 9.21. The molecular weight excluding hydrogens is 379 g/mol. The van der Waals surface area contributed by atoms with Crippen LogP contribution in [0.3, 0.4) is 0 Å². The van der Waals surface area contributed by atoms with E-state index in [4.69, 9.17) is 34.7 Å². The summed E-state index contributed by atoms with van der Waals surface area (Å²) in [5, 5.41) is 11.8. The number of aryl methyl sites for hydroxylation is 1. The van der Waals surface area contributed by atoms with Gasteiger partial charge in [0, 0.05) is 6.54 Å². The summed E-state index contributed by atoms with van der Waals surface area (Å²) >= 11 is 11.5. The lowest BCUT2D eigenvalue weighted by Gasteiger charge is -2.06. The third kappa shape index (κ3) is 5.75. The number of anilines is 1. The van der Waals surface area contributed by atoms with Crippen molar-refractivity contribution < 1.29 is 9.90 Å². The first-order valence-electron chi connectivity index (χ1n) is 7.75. The molecular formula is C16H18Cl2N6O2. The Balaban J connectivity index is 1.80. The van der Waals surface area contributed by atoms with E-state index in [1.165, 1.54) is 0 Å². The Morgan fingerprint density at radius 3 is 2.54 bits per heavy atom. The topological polar surface area (TPSA) is 140 Å². The van der Waals surface area contributed by atoms with Crippen LogP contribution < -0.4 is 16.8 Å². The normalized spacial score (nSPS) is 11.4. The summed E-state index contributed by atoms with van der Waals surface area (Å²) in [6.45, 7) is 0.544. The number of halogens is 2. The van der Waals surface area contributed by atoms with Gasteiger partial charge in [0.15, 0.2) is 27.8 Å². The number of nitrogens with two attached hydrogens (primary N) is 2. The van der Waals surface area contributed by atoms with Gasteiger partial charge in [-0.3, -0.25) is 4.79 Å². The van der Waals surface area contributed by atoms with E-state index in [-0.39, 0.29) is 33.5 Å². The van der Waals surface area contributed by atoms with E-state index in [0.717, 1.165) is 24.8 Å². The molecule has 0 saturated heterocycles. The maximum atomic E-state index is 12.0. The van der Waals surface area contributed by atoms with E-state index < -0.39 is 5.91 Å². The summed E-state index contributed by atoms with van der Waals surface area (Å²) in [7, 11) is 0. The highest BCUT2D eigenvalue weighted by Crippen LogP contribution is 2.20. The van der Waals surface area contributed by atoms with Crippen LogP contribution in [0, 0.1) is 0 Å². The van der Waals surface area contributed by atoms with Crippen molar-refractivity contribution in [2.24, 2.45) is 10.7 Å². The van der Waals surface area contributed by atoms with Crippen LogP contribution in [0.1, 0.15) is 28.9 Å². The first kappa shape index (κ1) is 19.7. The van der Waals surface area contributed by atoms with Crippen LogP contribution in [0.4, 0.5) is 5.82 Å². The molecule has 0 radical (unpaired) electrons. The lowest BCUT2D eigenvalue weighted by atomic mass is 10.1. The number of nitrogen functional groups attached to an aromatic ring is 1. The van der Waals surface area contributed by atoms with Gasteiger partial charge in [0.25, 0.3) is 0 Å². The monoisotopic (exact) mass is 396 g/mol. The van der Waals surface area contributed by atoms with Crippen molar-refractivity contribution >= 4 is 40.9 Å². The first-order chi connectivity index (χ1) is 12.4. The van der Waals surface area contributed by atoms with E-state index >= 15 is 0 Å². The molecule has 138 valence electrons. The lowest BCUT2D eigenvalue weighted by molar-refractivity contribution is 0.0997. The summed E-state index contributed by atoms with van der Waals surface area (Å²) in [4.78, 5) is 23.2. The Labute approximate surface area is 160 Å². The number of carbonyl (C=O) groups is 1. The van der Waals surface area contributed by atoms with Crippen molar-refractivity contribution in [1.29, 1.82) is 0 Å². The average Bonchev–Trinajstić information content (AvgIpc) is 2.59. The smallest absolute Gasteiger partial charge is 0.302 e. The standard InChI is InChI=1S/C16H18Cl2N6O2/c17-12-11(22-13(18)14(19)23-12)15(26)24-16(20)21-8-2-1-3-9-4-6-10(25)7-5-9/h4-7,25H,1-3,8H2,(H2,19,23)(H3,20,21,24,26). The van der Waals surface area contributed by atoms with E-state index in [2.05, 4.69) is 20.3 Å². The average molecular weight is 397 g/mol. The molecule has 0 unspecified atom stereocenters. The van der Waals surface area contributed by atoms with Crippen molar-refractivity contribution in [2.45, 2.75) is 19.3 Å². The number of nitrogens with one attached hydrogen (secondary N) is 1. The summed E-state index contributed by atoms with van der Waals surface area (Å²) in [5.41, 5.74) is 12.0. The second-order valence-electron chi connectivity index (χ2n) is 5.39. The number of nitrogens with zero attached hydrogens (tertiary/aromatic N) is 3. The zero-order valence-electron chi connectivity index (χ0n) is 13.7. The highest BCUT2D eigenvalue weighted by molar-refractivity contribution is 6.34. The Morgan fingerprint density at radius 1 is 1.15 bits per heavy atom. The third-order valence-electron chi connectivity index (χ3n) is 3.39. The SMILES string of the molecule is N/C(=N\C(=O)c1nc(Cl)c(N)nc1Cl)NCCCCc1ccc(O)cc1. The van der Waals surface area contributed by atoms with Crippen molar-refractivity contribution in [1.82, 2.24) is 15.3 Å². The van der Waals surface area contributed by atoms with Gasteiger partial charge in [-0.15, -0.1) is 0 Å². The van der Waals surface area contributed by atoms with E-state index in [1.54, 1.807) is 12.1 Å². The van der Waals surface area contributed by atoms with Crippen LogP contribution in [0.2, 0.25) is 10.3 Å². The molecule has 0 aliphatic rings. The fourth-order valence-corrected chi connectivity index (χ4v) is 2.42. The predicted octanol–water partition coefficient (Wildman–Crippen LogP) is 2.14. The molecule has 1 heterocycles. The molecule has 0 aliphatic carbocycles. The zero-order valence-corrected chi connectivity index (χ0v) is 15.3. The number of amides is 1. The highest BCUT2D eigenvalue weighted by atomic mass is 35.5. The van der Waals surface area contributed by atoms with E-state index in [0.29, 0.717) is 6.54 Å². The maximum absolute atomic E-state index is 12.0. The fraction of sp³-hybridized carbons (Fsp3) is 0.250. The van der Waals surface area contributed by atoms with E-state index in [9.17, 15) is 9.90 Å². The minimum absolute atomic E-state index is 0.0505. The van der Waals surface area contributed by atoms with Gasteiger partial charge in [-0.05, 0) is 37.0 Å². The number of aromatic hydroxyl groups is 1. The number of aromatic nitrogens is 2. The largest absolute Gasteiger partial charge is 0.508 e. The number of rotatable bonds is 6. The van der Waals surface area contributed by atoms with Gasteiger partial charge in [-0.1, -0.05) is 35.3 Å². The minimum Gasteiger partial charge on any atom is -0.508 e. The van der Waals surface area contributed by atoms with Crippen molar-refractivity contribution in [2.75, 3.05) is 12.3 Å². The number of hydrogen-bond acceptors (Lipinski definition) is 5. The molecule has 0 aliphatic heterocycles. The summed E-state index contributed by atoms with van der Waals surface area (Å²) in [6, 6.07) is 7.06. The van der Waals surface area contributed by atoms with Gasteiger partial charge in [0.05, 0.1) is 0 Å². The molecule has 2 rings (SSSR count). The summed E-state index contributed by atoms with van der Waals surface area (Å²) in [6.07, 6.45) is 2.59. The van der Waals surface area contributed by atoms with Crippen LogP contribution in [-0.2, 0) is 6.42 Å². The molecule has 0 spiro atoms. The molecule has 26 heavy (non-hydrogen) atoms. The number of benzene rings is 1. The number of hydrogen-bond donors (Lipinski definition) is 4. The molecule has 1 aromatic carbocycles. The fourth-order valence-electron chi connectivity index (χ4n) is 2.08. The van der Waals surface area contributed by atoms with Gasteiger partial charge < -0.3 is 21.9 Å². The lowest BCUT2D eigenvalue weighted by Crippen LogP contribution is -2.33. The summed E-state index contributed by atoms with van der Waals surface area (Å²) < 4.78 is 0. The third-order valence-corrected chi connectivity index (χ3v) is 3.94. The first-order valence-corrected chi connectivity index (χ1v) is 8.51. The maximum Gasteiger partial charge on any atom is 0.302 e. The minimum atomic E-state index is -0.765. The highest BCUT2D eigenvalue weighted by Gasteiger charge is 2.16. The van der Waals surface area contributed by atoms with Crippen LogP contribution in [0.15, 0.2) is 29.3 Å². The Bertz CT molecular complexity index is 811. The number of phenols is 1. The van der Waals surface area contributed by atoms with Gasteiger partial charge in [-0.2, -0.15) is 4.99 Å². The van der Waals surface area contributed by atoms with Gasteiger partial charge >= 0.3 is 5.91 Å². The van der Waals surface area contributed by atoms with Crippen LogP contribution >= 0.6 is 23.2 Å². The predicted molar refractivity (Wildman–Crippen MR) is 101 cm³/mol. The molecule has 2 aromatic rings. The molecule has 10 heteroatoms. The Hall–Kier alpha value is -2.58. The van der Waals surface area contributed by atoms with Crippen molar-refractivity contribution in [3.63, 3.8) is 0 Å². The molecule has 0 saturated carbocycles. The number of unbranched alkanes of at least 4 members (excludes halogenated alkanes) is 1. The molecule has 8 nitrogen and oxygen atoms in total. The molecule has 1 aromatic heterocycles. The van der Waals surface area contributed by atoms with E-state index in [1.807, 2.05) is 12.1 Å². The Kier molecular flexibility index (Phi) is 6.99. The molecule has 0 fully saturated rings. The van der Waals surface area contributed by atoms with Crippen LogP contribution in [0.5, 0.6) is 5.75 Å². The van der Waals surface area contributed by atoms with Crippen molar-refractivity contribution in [3.8, 4) is 5.75 Å². The van der Waals surface area contributed by atoms with Crippen molar-refractivity contribution in [3.05, 3.63) is 45.8 Å². The van der Waals surface area contributed by atoms with Gasteiger partial charge in [0.1, 0.15) is 5.75 Å². The van der Waals surface area contributed by atoms with Gasteiger partial charge in [0.2, 0.25) is 0 Å². The molecule has 0 bridgehead atoms. The Morgan fingerprint density at radius 2 is 1.85 bits per heavy atom. The number of phenolic OH excluding ortho intramolecular Hbond substituents is 1. The van der Waals surface area contributed by atoms with Crippen LogP contribution in [-0.4, -0.2) is 33.5 Å². The second-order valence-corrected chi connectivity index (χ2v) is 6.11. The number of guanidine groups is 1. The molecule has 0 atom stereocenters.